The Kier molecular flexibility index (Phi) is 4.95. The minimum absolute atomic E-state index is 0. The van der Waals surface area contributed by atoms with E-state index in [1.807, 2.05) is 66.7 Å². The zero-order valence-electron chi connectivity index (χ0n) is 8.84. The van der Waals surface area contributed by atoms with Crippen LogP contribution >= 0.6 is 0 Å². The average Bonchev–Trinajstić information content (AvgIpc) is 2.38. The first-order chi connectivity index (χ1) is 7.86. The molecule has 0 radical (unpaired) electrons. The van der Waals surface area contributed by atoms with Gasteiger partial charge in [0.05, 0.1) is 8.41 Å². The lowest BCUT2D eigenvalue weighted by Gasteiger charge is -1.94. The zero-order chi connectivity index (χ0) is 11.2. The molecule has 2 rings (SSSR count). The fraction of sp³-hybridized carbons (Fsp3) is 0. The standard InChI is InChI=1S/C15H12O.BH3/c16-15(14-9-5-2-6-10-14)12-11-13-7-3-1-4-8-13;/h1-12H;1H3/b12-11+;. The van der Waals surface area contributed by atoms with Crippen molar-refractivity contribution >= 4 is 20.3 Å². The van der Waals surface area contributed by atoms with Crippen LogP contribution in [0.3, 0.4) is 0 Å². The molecule has 0 spiro atoms. The van der Waals surface area contributed by atoms with Crippen LogP contribution in [0.2, 0.25) is 0 Å². The van der Waals surface area contributed by atoms with E-state index in [1.54, 1.807) is 6.08 Å². The Morgan fingerprint density at radius 1 is 0.824 bits per heavy atom. The van der Waals surface area contributed by atoms with E-state index in [-0.39, 0.29) is 14.2 Å². The summed E-state index contributed by atoms with van der Waals surface area (Å²) in [5.41, 5.74) is 1.75. The summed E-state index contributed by atoms with van der Waals surface area (Å²) in [5, 5.41) is 0. The fourth-order valence-electron chi connectivity index (χ4n) is 1.43. The quantitative estimate of drug-likeness (QED) is 0.442. The van der Waals surface area contributed by atoms with Crippen molar-refractivity contribution in [1.29, 1.82) is 0 Å². The van der Waals surface area contributed by atoms with Crippen molar-refractivity contribution in [3.8, 4) is 0 Å². The highest BCUT2D eigenvalue weighted by Crippen LogP contribution is 2.05. The number of carbonyl (C=O) groups is 1. The molecule has 84 valence electrons. The van der Waals surface area contributed by atoms with Gasteiger partial charge in [-0.15, -0.1) is 0 Å². The highest BCUT2D eigenvalue weighted by molar-refractivity contribution is 6.06. The SMILES string of the molecule is B.O=C(/C=C/c1ccccc1)c1ccccc1. The van der Waals surface area contributed by atoms with Gasteiger partial charge in [-0.05, 0) is 11.6 Å². The normalized spacial score (nSPS) is 9.88. The van der Waals surface area contributed by atoms with Crippen molar-refractivity contribution in [3.05, 3.63) is 77.9 Å². The number of benzene rings is 2. The van der Waals surface area contributed by atoms with Gasteiger partial charge >= 0.3 is 0 Å². The van der Waals surface area contributed by atoms with Gasteiger partial charge in [0.25, 0.3) is 0 Å². The second-order valence-electron chi connectivity index (χ2n) is 3.47. The lowest BCUT2D eigenvalue weighted by Crippen LogP contribution is -1.92. The lowest BCUT2D eigenvalue weighted by atomic mass is 10.1. The first kappa shape index (κ1) is 13.0. The van der Waals surface area contributed by atoms with Gasteiger partial charge in [-0.3, -0.25) is 4.79 Å². The summed E-state index contributed by atoms with van der Waals surface area (Å²) < 4.78 is 0. The Labute approximate surface area is 103 Å². The van der Waals surface area contributed by atoms with E-state index < -0.39 is 0 Å². The van der Waals surface area contributed by atoms with E-state index in [2.05, 4.69) is 0 Å². The molecule has 0 aliphatic carbocycles. The topological polar surface area (TPSA) is 17.1 Å². The minimum Gasteiger partial charge on any atom is -0.289 e. The summed E-state index contributed by atoms with van der Waals surface area (Å²) in [6.45, 7) is 0. The molecule has 0 aromatic heterocycles. The van der Waals surface area contributed by atoms with Gasteiger partial charge < -0.3 is 0 Å². The van der Waals surface area contributed by atoms with Crippen LogP contribution < -0.4 is 0 Å². The molecular weight excluding hydrogens is 207 g/mol. The molecule has 0 unspecified atom stereocenters. The smallest absolute Gasteiger partial charge is 0.185 e. The van der Waals surface area contributed by atoms with Gasteiger partial charge in [-0.25, -0.2) is 0 Å². The van der Waals surface area contributed by atoms with Crippen molar-refractivity contribution in [2.75, 3.05) is 0 Å². The highest BCUT2D eigenvalue weighted by atomic mass is 16.1. The minimum atomic E-state index is 0. The molecule has 1 nitrogen and oxygen atoms in total. The molecule has 0 bridgehead atoms. The Morgan fingerprint density at radius 2 is 1.35 bits per heavy atom. The maximum absolute atomic E-state index is 11.7. The van der Waals surface area contributed by atoms with Crippen molar-refractivity contribution in [3.63, 3.8) is 0 Å². The summed E-state index contributed by atoms with van der Waals surface area (Å²) in [7, 11) is 0. The van der Waals surface area contributed by atoms with E-state index in [4.69, 9.17) is 0 Å². The molecule has 17 heavy (non-hydrogen) atoms. The molecule has 0 N–H and O–H groups in total. The molecule has 2 aromatic carbocycles. The summed E-state index contributed by atoms with van der Waals surface area (Å²) in [6.07, 6.45) is 3.43. The fourth-order valence-corrected chi connectivity index (χ4v) is 1.43. The number of ketones is 1. The van der Waals surface area contributed by atoms with Crippen LogP contribution in [-0.4, -0.2) is 14.2 Å². The molecule has 0 fully saturated rings. The molecule has 2 heteroatoms. The average molecular weight is 222 g/mol. The largest absolute Gasteiger partial charge is 0.289 e. The lowest BCUT2D eigenvalue weighted by molar-refractivity contribution is 0.104. The number of rotatable bonds is 3. The van der Waals surface area contributed by atoms with E-state index in [0.29, 0.717) is 0 Å². The molecule has 0 aliphatic heterocycles. The predicted octanol–water partition coefficient (Wildman–Crippen LogP) is 2.40. The molecule has 0 saturated heterocycles. The maximum Gasteiger partial charge on any atom is 0.185 e. The van der Waals surface area contributed by atoms with E-state index in [1.165, 1.54) is 0 Å². The van der Waals surface area contributed by atoms with Crippen LogP contribution in [0.4, 0.5) is 0 Å². The van der Waals surface area contributed by atoms with E-state index in [0.717, 1.165) is 11.1 Å². The highest BCUT2D eigenvalue weighted by Gasteiger charge is 1.98. The van der Waals surface area contributed by atoms with Gasteiger partial charge in [0.15, 0.2) is 5.78 Å². The summed E-state index contributed by atoms with van der Waals surface area (Å²) in [6, 6.07) is 19.1. The van der Waals surface area contributed by atoms with Gasteiger partial charge in [0.2, 0.25) is 0 Å². The van der Waals surface area contributed by atoms with Crippen LogP contribution in [0.5, 0.6) is 0 Å². The second-order valence-corrected chi connectivity index (χ2v) is 3.47. The molecule has 0 heterocycles. The number of allylic oxidation sites excluding steroid dienone is 1. The van der Waals surface area contributed by atoms with E-state index >= 15 is 0 Å². The molecule has 0 saturated carbocycles. The Hall–Kier alpha value is -2.09. The van der Waals surface area contributed by atoms with Crippen LogP contribution in [-0.2, 0) is 0 Å². The first-order valence-corrected chi connectivity index (χ1v) is 5.19. The Balaban J connectivity index is 0.00000144. The van der Waals surface area contributed by atoms with E-state index in [9.17, 15) is 4.79 Å². The third-order valence-corrected chi connectivity index (χ3v) is 2.29. The van der Waals surface area contributed by atoms with Gasteiger partial charge in [-0.1, -0.05) is 66.7 Å². The van der Waals surface area contributed by atoms with Crippen molar-refractivity contribution < 1.29 is 4.79 Å². The summed E-state index contributed by atoms with van der Waals surface area (Å²) in [4.78, 5) is 11.7. The molecule has 0 aliphatic rings. The molecule has 2 aromatic rings. The van der Waals surface area contributed by atoms with Crippen LogP contribution in [0.25, 0.3) is 6.08 Å². The summed E-state index contributed by atoms with van der Waals surface area (Å²) >= 11 is 0. The van der Waals surface area contributed by atoms with Gasteiger partial charge in [0, 0.05) is 5.56 Å². The maximum atomic E-state index is 11.7. The van der Waals surface area contributed by atoms with Crippen LogP contribution in [0.15, 0.2) is 66.7 Å². The molecule has 0 amide bonds. The Morgan fingerprint density at radius 3 is 1.94 bits per heavy atom. The van der Waals surface area contributed by atoms with Gasteiger partial charge in [-0.2, -0.15) is 0 Å². The van der Waals surface area contributed by atoms with Crippen LogP contribution in [0.1, 0.15) is 15.9 Å². The first-order valence-electron chi connectivity index (χ1n) is 5.19. The number of hydrogen-bond acceptors (Lipinski definition) is 1. The number of carbonyl (C=O) groups excluding carboxylic acids is 1. The Bertz CT molecular complexity index is 489. The van der Waals surface area contributed by atoms with Crippen molar-refractivity contribution in [1.82, 2.24) is 0 Å². The third kappa shape index (κ3) is 3.76. The number of hydrogen-bond donors (Lipinski definition) is 0. The van der Waals surface area contributed by atoms with Crippen molar-refractivity contribution in [2.24, 2.45) is 0 Å². The third-order valence-electron chi connectivity index (χ3n) is 2.29. The van der Waals surface area contributed by atoms with Crippen molar-refractivity contribution in [2.45, 2.75) is 0 Å². The van der Waals surface area contributed by atoms with Gasteiger partial charge in [0.1, 0.15) is 0 Å². The summed E-state index contributed by atoms with van der Waals surface area (Å²) in [5.74, 6) is 0.0319. The van der Waals surface area contributed by atoms with Crippen LogP contribution in [0, 0.1) is 0 Å². The predicted molar refractivity (Wildman–Crippen MR) is 76.2 cm³/mol. The molecule has 0 atom stereocenters. The zero-order valence-corrected chi connectivity index (χ0v) is 8.84. The second kappa shape index (κ2) is 6.49. The molecular formula is C15H15BO. The monoisotopic (exact) mass is 222 g/mol.